The maximum absolute atomic E-state index is 14.3. The number of aliphatic hydroxyl groups is 2. The third-order valence-electron chi connectivity index (χ3n) is 9.96. The molecule has 0 saturated heterocycles. The predicted octanol–water partition coefficient (Wildman–Crippen LogP) is 3.14. The number of phenolic OH excluding ortho intramolecular Hbond substituents is 2. The number of Topliss-reactive ketones (excluding diaryl/α,β-unsaturated/α-hetero) is 4. The molecule has 36 heavy (non-hydrogen) atoms. The van der Waals surface area contributed by atoms with E-state index in [0.29, 0.717) is 0 Å². The zero-order valence-electron chi connectivity index (χ0n) is 18.6. The number of benzene rings is 2. The summed E-state index contributed by atoms with van der Waals surface area (Å²) in [5.74, 6) is -7.30. The van der Waals surface area contributed by atoms with Crippen molar-refractivity contribution >= 4 is 34.7 Å². The first kappa shape index (κ1) is 20.0. The second-order valence-electron chi connectivity index (χ2n) is 10.8. The number of phenols is 2. The predicted molar refractivity (Wildman–Crippen MR) is 122 cm³/mol. The molecule has 4 fully saturated rings. The van der Waals surface area contributed by atoms with E-state index >= 15 is 0 Å². The highest BCUT2D eigenvalue weighted by atomic mass is 16.3. The summed E-state index contributed by atoms with van der Waals surface area (Å²) in [6.07, 6.45) is 0.335. The topological polar surface area (TPSA) is 149 Å². The number of carbonyl (C=O) groups is 4. The summed E-state index contributed by atoms with van der Waals surface area (Å²) >= 11 is 0. The number of aliphatic hydroxyl groups excluding tert-OH is 2. The quantitative estimate of drug-likeness (QED) is 0.447. The molecule has 0 heterocycles. The molecule has 4 N–H and O–H groups in total. The number of hydrogen-bond donors (Lipinski definition) is 4. The summed E-state index contributed by atoms with van der Waals surface area (Å²) in [5.41, 5.74) is -3.95. The van der Waals surface area contributed by atoms with Crippen molar-refractivity contribution in [3.8, 4) is 11.5 Å². The molecule has 178 valence electrons. The molecule has 2 aromatic carbocycles. The number of carbonyl (C=O) groups excluding carboxylic acids is 4. The highest BCUT2D eigenvalue weighted by Gasteiger charge is 2.84. The first-order valence-corrected chi connectivity index (χ1v) is 11.9. The number of allylic oxidation sites excluding steroid dienone is 2. The van der Waals surface area contributed by atoms with E-state index in [1.54, 1.807) is 0 Å². The van der Waals surface area contributed by atoms with Crippen molar-refractivity contribution in [3.05, 3.63) is 69.8 Å². The lowest BCUT2D eigenvalue weighted by molar-refractivity contribution is -0.131. The molecule has 2 aromatic rings. The lowest BCUT2D eigenvalue weighted by Crippen LogP contribution is -2.59. The molecule has 0 radical (unpaired) electrons. The van der Waals surface area contributed by atoms with Crippen molar-refractivity contribution in [2.75, 3.05) is 0 Å². The summed E-state index contributed by atoms with van der Waals surface area (Å²) in [6, 6.07) is 8.45. The van der Waals surface area contributed by atoms with Crippen LogP contribution in [0.5, 0.6) is 11.5 Å². The minimum absolute atomic E-state index is 0.0252. The summed E-state index contributed by atoms with van der Waals surface area (Å²) in [5, 5.41) is 43.7. The van der Waals surface area contributed by atoms with Gasteiger partial charge in [-0.1, -0.05) is 24.3 Å². The molecule has 8 nitrogen and oxygen atoms in total. The average molecular weight is 482 g/mol. The third kappa shape index (κ3) is 1.61. The Morgan fingerprint density at radius 2 is 1.00 bits per heavy atom. The molecule has 0 amide bonds. The van der Waals surface area contributed by atoms with E-state index in [2.05, 4.69) is 0 Å². The number of aromatic hydroxyl groups is 2. The van der Waals surface area contributed by atoms with E-state index in [1.165, 1.54) is 36.4 Å². The van der Waals surface area contributed by atoms with Gasteiger partial charge in [0.2, 0.25) is 0 Å². The highest BCUT2D eigenvalue weighted by Crippen LogP contribution is 2.80. The highest BCUT2D eigenvalue weighted by molar-refractivity contribution is 6.30. The zero-order chi connectivity index (χ0) is 25.0. The van der Waals surface area contributed by atoms with E-state index in [9.17, 15) is 39.6 Å². The number of fused-ring (bicyclic) bond motifs is 4. The van der Waals surface area contributed by atoms with Crippen molar-refractivity contribution < 1.29 is 39.6 Å². The molecule has 2 unspecified atom stereocenters. The van der Waals surface area contributed by atoms with Crippen molar-refractivity contribution in [1.82, 2.24) is 0 Å². The largest absolute Gasteiger partial charge is 0.507 e. The Morgan fingerprint density at radius 1 is 0.611 bits per heavy atom. The number of hydrogen-bond acceptors (Lipinski definition) is 8. The Morgan fingerprint density at radius 3 is 1.39 bits per heavy atom. The fourth-order valence-electron chi connectivity index (χ4n) is 8.99. The summed E-state index contributed by atoms with van der Waals surface area (Å²) in [7, 11) is 0. The minimum Gasteiger partial charge on any atom is -0.507 e. The van der Waals surface area contributed by atoms with Crippen LogP contribution in [0, 0.1) is 34.5 Å². The molecule has 8 heteroatoms. The van der Waals surface area contributed by atoms with Crippen LogP contribution in [-0.2, 0) is 9.59 Å². The number of rotatable bonds is 0. The molecule has 8 rings (SSSR count). The Hall–Kier alpha value is -4.20. The van der Waals surface area contributed by atoms with E-state index < -0.39 is 69.2 Å². The maximum atomic E-state index is 14.3. The van der Waals surface area contributed by atoms with Crippen LogP contribution in [0.15, 0.2) is 47.5 Å². The Kier molecular flexibility index (Phi) is 3.12. The van der Waals surface area contributed by atoms with Gasteiger partial charge in [-0.3, -0.25) is 19.2 Å². The Labute approximate surface area is 203 Å². The van der Waals surface area contributed by atoms with Crippen molar-refractivity contribution in [1.29, 1.82) is 0 Å². The molecule has 0 aromatic heterocycles. The first-order chi connectivity index (χ1) is 17.2. The van der Waals surface area contributed by atoms with Gasteiger partial charge in [0.1, 0.15) is 23.0 Å². The molecule has 2 spiro atoms. The van der Waals surface area contributed by atoms with Gasteiger partial charge < -0.3 is 20.4 Å². The van der Waals surface area contributed by atoms with Crippen molar-refractivity contribution in [2.24, 2.45) is 34.5 Å². The van der Waals surface area contributed by atoms with E-state index in [-0.39, 0.29) is 57.7 Å². The molecule has 4 saturated carbocycles. The minimum atomic E-state index is -1.68. The zero-order valence-corrected chi connectivity index (χ0v) is 18.6. The first-order valence-electron chi connectivity index (χ1n) is 11.9. The van der Waals surface area contributed by atoms with Gasteiger partial charge in [0.15, 0.2) is 23.1 Å². The average Bonchev–Trinajstić information content (AvgIpc) is 3.32. The molecule has 0 aliphatic heterocycles. The fourth-order valence-corrected chi connectivity index (χ4v) is 8.99. The SMILES string of the molecule is O=C1C2=C(O)c3c(O)cccc3C(=O)C23[C@H]2C[C@@H]4[C@@H]3C[C@H]1C41C(=O)c3cccc(O)c3C(O)=C1C2=O. The van der Waals surface area contributed by atoms with Crippen LogP contribution in [0.2, 0.25) is 0 Å². The third-order valence-corrected chi connectivity index (χ3v) is 9.96. The summed E-state index contributed by atoms with van der Waals surface area (Å²) < 4.78 is 0. The molecule has 6 aliphatic carbocycles. The monoisotopic (exact) mass is 482 g/mol. The lowest BCUT2D eigenvalue weighted by Gasteiger charge is -2.51. The molecule has 6 atom stereocenters. The van der Waals surface area contributed by atoms with Crippen LogP contribution in [0.25, 0.3) is 11.5 Å². The van der Waals surface area contributed by atoms with Gasteiger partial charge in [0, 0.05) is 23.0 Å². The van der Waals surface area contributed by atoms with Gasteiger partial charge in [0.25, 0.3) is 0 Å². The normalized spacial score (nSPS) is 36.8. The summed E-state index contributed by atoms with van der Waals surface area (Å²) in [6.45, 7) is 0. The standard InChI is InChI=1S/C28H18O8/c29-15-5-1-3-9-17(15)23(33)19-22(32)14-7-11-12-8-13(27(11,19)25(9)35)21(31)20-24(34)18-10(4-2-6-16(18)30)26(36)28(12,14)20/h1-6,11-14,29-30,33-34H,7-8H2/t11-,12+,13-,14+,27?,28?. The second kappa shape index (κ2) is 5.61. The van der Waals surface area contributed by atoms with E-state index in [0.717, 1.165) is 0 Å². The van der Waals surface area contributed by atoms with Crippen molar-refractivity contribution in [3.63, 3.8) is 0 Å². The lowest BCUT2D eigenvalue weighted by atomic mass is 9.47. The van der Waals surface area contributed by atoms with Crippen LogP contribution < -0.4 is 0 Å². The van der Waals surface area contributed by atoms with Gasteiger partial charge in [-0.25, -0.2) is 0 Å². The smallest absolute Gasteiger partial charge is 0.175 e. The molecule has 6 aliphatic rings. The van der Waals surface area contributed by atoms with Crippen LogP contribution in [0.3, 0.4) is 0 Å². The van der Waals surface area contributed by atoms with Crippen LogP contribution in [-0.4, -0.2) is 43.6 Å². The maximum Gasteiger partial charge on any atom is 0.175 e. The van der Waals surface area contributed by atoms with Crippen LogP contribution in [0.1, 0.15) is 44.7 Å². The van der Waals surface area contributed by atoms with Gasteiger partial charge in [-0.15, -0.1) is 0 Å². The number of ketones is 4. The Bertz CT molecular complexity index is 1520. The van der Waals surface area contributed by atoms with Crippen LogP contribution >= 0.6 is 0 Å². The van der Waals surface area contributed by atoms with Gasteiger partial charge in [0.05, 0.1) is 33.1 Å². The van der Waals surface area contributed by atoms with E-state index in [4.69, 9.17) is 0 Å². The van der Waals surface area contributed by atoms with Gasteiger partial charge in [-0.05, 0) is 36.8 Å². The molecule has 4 bridgehead atoms. The molecular weight excluding hydrogens is 464 g/mol. The fraction of sp³-hybridized carbons (Fsp3) is 0.286. The summed E-state index contributed by atoms with van der Waals surface area (Å²) in [4.78, 5) is 56.9. The van der Waals surface area contributed by atoms with Crippen LogP contribution in [0.4, 0.5) is 0 Å². The molecular formula is C28H18O8. The van der Waals surface area contributed by atoms with Gasteiger partial charge >= 0.3 is 0 Å². The van der Waals surface area contributed by atoms with Crippen molar-refractivity contribution in [2.45, 2.75) is 12.8 Å². The second-order valence-corrected chi connectivity index (χ2v) is 10.8. The Balaban J connectivity index is 1.52. The van der Waals surface area contributed by atoms with E-state index in [1.807, 2.05) is 0 Å². The van der Waals surface area contributed by atoms with Gasteiger partial charge in [-0.2, -0.15) is 0 Å².